The Bertz CT molecular complexity index is 754. The minimum absolute atomic E-state index is 0. The van der Waals surface area contributed by atoms with E-state index in [4.69, 9.17) is 0 Å². The zero-order chi connectivity index (χ0) is 18.2. The van der Waals surface area contributed by atoms with Crippen molar-refractivity contribution in [3.8, 4) is 0 Å². The molecule has 1 nitrogen and oxygen atoms in total. The molecule has 0 saturated carbocycles. The van der Waals surface area contributed by atoms with E-state index in [0.717, 1.165) is 16.7 Å². The Morgan fingerprint density at radius 1 is 0.800 bits per heavy atom. The zero-order valence-corrected chi connectivity index (χ0v) is 17.2. The second-order valence-electron chi connectivity index (χ2n) is 7.96. The van der Waals surface area contributed by atoms with E-state index in [9.17, 15) is 4.79 Å². The van der Waals surface area contributed by atoms with Crippen molar-refractivity contribution in [2.45, 2.75) is 60.8 Å². The van der Waals surface area contributed by atoms with E-state index in [1.165, 1.54) is 27.6 Å². The summed E-state index contributed by atoms with van der Waals surface area (Å²) >= 11 is 0. The van der Waals surface area contributed by atoms with Gasteiger partial charge in [0.15, 0.2) is 5.52 Å². The Labute approximate surface area is 167 Å². The molecule has 2 rings (SSSR count). The summed E-state index contributed by atoms with van der Waals surface area (Å²) in [6.07, 6.45) is 0. The van der Waals surface area contributed by atoms with Crippen LogP contribution in [0.2, 0.25) is 0 Å². The van der Waals surface area contributed by atoms with Gasteiger partial charge in [-0.25, -0.2) is 0 Å². The molecular weight excluding hydrogens is 318 g/mol. The molecule has 0 saturated heterocycles. The molecule has 0 radical (unpaired) electrons. The molecule has 2 aromatic carbocycles. The van der Waals surface area contributed by atoms with Gasteiger partial charge >= 0.3 is 18.9 Å². The fourth-order valence-corrected chi connectivity index (χ4v) is 4.59. The molecule has 0 bridgehead atoms. The summed E-state index contributed by atoms with van der Waals surface area (Å²) in [6, 6.07) is 8.70. The molecule has 1 atom stereocenters. The Balaban J connectivity index is 0.00000312. The first-order chi connectivity index (χ1) is 11.0. The molecule has 0 aliphatic carbocycles. The Morgan fingerprint density at radius 2 is 1.24 bits per heavy atom. The number of hydrogen-bond donors (Lipinski definition) is 0. The van der Waals surface area contributed by atoms with Crippen molar-refractivity contribution >= 4 is 38.3 Å². The van der Waals surface area contributed by atoms with Gasteiger partial charge in [-0.3, -0.25) is 4.79 Å². The van der Waals surface area contributed by atoms with E-state index >= 15 is 0 Å². The van der Waals surface area contributed by atoms with Crippen LogP contribution in [0.4, 0.5) is 0 Å². The quantitative estimate of drug-likeness (QED) is 0.562. The van der Waals surface area contributed by atoms with Gasteiger partial charge in [-0.05, 0) is 81.7 Å². The molecule has 1 unspecified atom stereocenters. The van der Waals surface area contributed by atoms with Crippen LogP contribution in [-0.2, 0) is 5.41 Å². The molecule has 0 aliphatic rings. The van der Waals surface area contributed by atoms with Gasteiger partial charge in [0.2, 0.25) is 0 Å². The third-order valence-electron chi connectivity index (χ3n) is 4.54. The SMILES string of the molecule is Cc1cc(C)c(PC(=O)c2c(C)cc(C(C)(C)C)cc2C)c(C)c1.[LiH]. The summed E-state index contributed by atoms with van der Waals surface area (Å²) in [7, 11) is 0.187. The van der Waals surface area contributed by atoms with Crippen LogP contribution in [0.1, 0.15) is 64.5 Å². The Morgan fingerprint density at radius 3 is 1.64 bits per heavy atom. The fraction of sp³-hybridized carbons (Fsp3) is 0.409. The topological polar surface area (TPSA) is 17.1 Å². The van der Waals surface area contributed by atoms with Crippen LogP contribution in [0.3, 0.4) is 0 Å². The van der Waals surface area contributed by atoms with Gasteiger partial charge in [0, 0.05) is 5.56 Å². The summed E-state index contributed by atoms with van der Waals surface area (Å²) < 4.78 is 0. The molecule has 0 N–H and O–H groups in total. The summed E-state index contributed by atoms with van der Waals surface area (Å²) in [5.74, 6) is 0. The molecular formula is C22H30LiOP. The van der Waals surface area contributed by atoms with Gasteiger partial charge in [0.05, 0.1) is 0 Å². The van der Waals surface area contributed by atoms with Gasteiger partial charge in [0.1, 0.15) is 0 Å². The summed E-state index contributed by atoms with van der Waals surface area (Å²) in [5, 5.41) is 1.20. The third kappa shape index (κ3) is 5.07. The molecule has 0 spiro atoms. The molecule has 3 heteroatoms. The standard InChI is InChI=1S/C22H29OP.Li.H/c1-13-9-16(4)20(17(5)10-13)24-21(23)19-14(2)11-18(12-15(19)3)22(6,7)8;;/h9-12,24H,1-8H3;;. The second-order valence-corrected chi connectivity index (χ2v) is 9.17. The zero-order valence-electron chi connectivity index (χ0n) is 16.2. The molecule has 0 fully saturated rings. The van der Waals surface area contributed by atoms with Crippen molar-refractivity contribution < 1.29 is 4.79 Å². The van der Waals surface area contributed by atoms with Crippen molar-refractivity contribution in [1.29, 1.82) is 0 Å². The number of carbonyl (C=O) groups is 1. The average molecular weight is 348 g/mol. The molecule has 0 amide bonds. The van der Waals surface area contributed by atoms with Crippen molar-refractivity contribution in [2.75, 3.05) is 0 Å². The van der Waals surface area contributed by atoms with Crippen LogP contribution in [0.25, 0.3) is 0 Å². The Kier molecular flexibility index (Phi) is 7.29. The van der Waals surface area contributed by atoms with Crippen LogP contribution >= 0.6 is 8.58 Å². The second kappa shape index (κ2) is 8.22. The number of benzene rings is 2. The maximum atomic E-state index is 13.0. The predicted octanol–water partition coefficient (Wildman–Crippen LogP) is 5.02. The average Bonchev–Trinajstić information content (AvgIpc) is 2.40. The summed E-state index contributed by atoms with van der Waals surface area (Å²) in [6.45, 7) is 17.1. The van der Waals surface area contributed by atoms with E-state index in [-0.39, 0.29) is 38.4 Å². The van der Waals surface area contributed by atoms with E-state index in [0.29, 0.717) is 0 Å². The van der Waals surface area contributed by atoms with E-state index in [2.05, 4.69) is 79.7 Å². The van der Waals surface area contributed by atoms with Crippen molar-refractivity contribution in [1.82, 2.24) is 0 Å². The van der Waals surface area contributed by atoms with Crippen molar-refractivity contribution in [2.24, 2.45) is 0 Å². The van der Waals surface area contributed by atoms with Gasteiger partial charge in [-0.1, -0.05) is 50.6 Å². The first-order valence-corrected chi connectivity index (χ1v) is 9.51. The monoisotopic (exact) mass is 348 g/mol. The molecule has 0 aliphatic heterocycles. The van der Waals surface area contributed by atoms with Crippen molar-refractivity contribution in [3.63, 3.8) is 0 Å². The van der Waals surface area contributed by atoms with Gasteiger partial charge < -0.3 is 0 Å². The van der Waals surface area contributed by atoms with Crippen LogP contribution in [0, 0.1) is 34.6 Å². The predicted molar refractivity (Wildman–Crippen MR) is 115 cm³/mol. The molecule has 0 aromatic heterocycles. The van der Waals surface area contributed by atoms with E-state index < -0.39 is 0 Å². The number of aryl methyl sites for hydroxylation is 5. The Hall–Kier alpha value is -0.863. The van der Waals surface area contributed by atoms with Crippen LogP contribution in [0.15, 0.2) is 24.3 Å². The minimum atomic E-state index is 0. The van der Waals surface area contributed by atoms with E-state index in [1.54, 1.807) is 0 Å². The molecule has 25 heavy (non-hydrogen) atoms. The van der Waals surface area contributed by atoms with Gasteiger partial charge in [-0.2, -0.15) is 0 Å². The number of rotatable bonds is 3. The van der Waals surface area contributed by atoms with Crippen LogP contribution in [0.5, 0.6) is 0 Å². The van der Waals surface area contributed by atoms with Gasteiger partial charge in [-0.15, -0.1) is 0 Å². The number of hydrogen-bond acceptors (Lipinski definition) is 1. The maximum absolute atomic E-state index is 13.0. The number of carbonyl (C=O) groups excluding carboxylic acids is 1. The molecule has 2 aromatic rings. The summed E-state index contributed by atoms with van der Waals surface area (Å²) in [5.41, 5.74) is 8.44. The summed E-state index contributed by atoms with van der Waals surface area (Å²) in [4.78, 5) is 13.0. The normalized spacial score (nSPS) is 11.7. The van der Waals surface area contributed by atoms with E-state index in [1.807, 2.05) is 0 Å². The van der Waals surface area contributed by atoms with Crippen LogP contribution in [-0.4, -0.2) is 24.4 Å². The van der Waals surface area contributed by atoms with Gasteiger partial charge in [0.25, 0.3) is 0 Å². The molecule has 0 heterocycles. The fourth-order valence-electron chi connectivity index (χ4n) is 3.31. The first kappa shape index (κ1) is 22.2. The first-order valence-electron chi connectivity index (χ1n) is 8.51. The molecule has 130 valence electrons. The van der Waals surface area contributed by atoms with Crippen LogP contribution < -0.4 is 5.30 Å². The third-order valence-corrected chi connectivity index (χ3v) is 6.06. The van der Waals surface area contributed by atoms with Crippen molar-refractivity contribution in [3.05, 3.63) is 63.2 Å².